The van der Waals surface area contributed by atoms with E-state index in [1.54, 1.807) is 12.1 Å². The van der Waals surface area contributed by atoms with E-state index in [0.717, 1.165) is 0 Å². The van der Waals surface area contributed by atoms with E-state index in [4.69, 9.17) is 10.5 Å². The van der Waals surface area contributed by atoms with Gasteiger partial charge >= 0.3 is 0 Å². The van der Waals surface area contributed by atoms with Gasteiger partial charge in [-0.3, -0.25) is 0 Å². The molecular weight excluding hydrogens is 279 g/mol. The summed E-state index contributed by atoms with van der Waals surface area (Å²) in [5.74, 6) is 0.262. The molecule has 0 amide bonds. The van der Waals surface area contributed by atoms with E-state index in [0.29, 0.717) is 11.2 Å². The molecule has 1 aliphatic heterocycles. The number of nitrogens with zero attached hydrogens (tertiary/aromatic N) is 3. The maximum absolute atomic E-state index is 15.1. The van der Waals surface area contributed by atoms with Crippen molar-refractivity contribution in [2.24, 2.45) is 0 Å². The van der Waals surface area contributed by atoms with Gasteiger partial charge < -0.3 is 20.7 Å². The van der Waals surface area contributed by atoms with E-state index in [1.165, 1.54) is 24.7 Å². The zero-order chi connectivity index (χ0) is 15.4. The number of halogens is 1. The quantitative estimate of drug-likeness (QED) is 0.720. The fraction of sp³-hybridized carbons (Fsp3) is 0.538. The van der Waals surface area contributed by atoms with Gasteiger partial charge in [0, 0.05) is 0 Å². The van der Waals surface area contributed by atoms with Crippen LogP contribution in [0, 0.1) is 0 Å². The van der Waals surface area contributed by atoms with Gasteiger partial charge in [-0.2, -0.15) is 5.10 Å². The van der Waals surface area contributed by atoms with Crippen LogP contribution in [0.5, 0.6) is 0 Å². The maximum atomic E-state index is 15.1. The number of aliphatic hydroxyl groups is 2. The van der Waals surface area contributed by atoms with Crippen molar-refractivity contribution in [2.45, 2.75) is 37.3 Å². The zero-order valence-corrected chi connectivity index (χ0v) is 11.7. The molecule has 8 heteroatoms. The van der Waals surface area contributed by atoms with E-state index in [1.807, 2.05) is 0 Å². The van der Waals surface area contributed by atoms with Crippen molar-refractivity contribution in [2.75, 3.05) is 12.3 Å². The van der Waals surface area contributed by atoms with Crippen molar-refractivity contribution in [1.82, 2.24) is 14.6 Å². The standard InChI is InChI=1S/C13H17FN4O3/c1-12(14)10(20)8(5-19)21-13(12,2)9-4-3-7-11(15)16-6-17-18(7)9/h3-4,6,8,10,19-20H,5H2,1-2H3,(H2,15,16,17)/t8-,10-,12-,13+/m1/s1. The molecule has 2 aromatic heterocycles. The molecule has 2 aromatic rings. The molecule has 3 heterocycles. The summed E-state index contributed by atoms with van der Waals surface area (Å²) in [5, 5.41) is 23.4. The molecule has 0 aliphatic carbocycles. The van der Waals surface area contributed by atoms with Crippen LogP contribution in [0.2, 0.25) is 0 Å². The fourth-order valence-corrected chi connectivity index (χ4v) is 2.88. The number of anilines is 1. The van der Waals surface area contributed by atoms with Crippen molar-refractivity contribution in [3.05, 3.63) is 24.2 Å². The summed E-state index contributed by atoms with van der Waals surface area (Å²) in [6.07, 6.45) is -1.19. The monoisotopic (exact) mass is 296 g/mol. The number of nitrogens with two attached hydrogens (primary N) is 1. The van der Waals surface area contributed by atoms with E-state index >= 15 is 4.39 Å². The molecule has 3 rings (SSSR count). The highest BCUT2D eigenvalue weighted by Gasteiger charge is 2.63. The molecule has 1 fully saturated rings. The minimum atomic E-state index is -2.10. The number of aliphatic hydroxyl groups excluding tert-OH is 2. The summed E-state index contributed by atoms with van der Waals surface area (Å²) in [6.45, 7) is 2.29. The highest BCUT2D eigenvalue weighted by Crippen LogP contribution is 2.49. The third-order valence-electron chi connectivity index (χ3n) is 4.38. The Morgan fingerprint density at radius 1 is 1.48 bits per heavy atom. The van der Waals surface area contributed by atoms with Gasteiger partial charge in [0.1, 0.15) is 29.7 Å². The van der Waals surface area contributed by atoms with Crippen LogP contribution in [0.1, 0.15) is 19.5 Å². The number of hydrogen-bond acceptors (Lipinski definition) is 6. The molecule has 0 radical (unpaired) electrons. The Morgan fingerprint density at radius 3 is 2.81 bits per heavy atom. The largest absolute Gasteiger partial charge is 0.394 e. The van der Waals surface area contributed by atoms with Gasteiger partial charge in [-0.15, -0.1) is 0 Å². The molecular formula is C13H17FN4O3. The lowest BCUT2D eigenvalue weighted by Crippen LogP contribution is -2.47. The highest BCUT2D eigenvalue weighted by molar-refractivity contribution is 5.65. The van der Waals surface area contributed by atoms with Crippen molar-refractivity contribution in [3.63, 3.8) is 0 Å². The summed E-state index contributed by atoms with van der Waals surface area (Å²) < 4.78 is 22.2. The summed E-state index contributed by atoms with van der Waals surface area (Å²) in [7, 11) is 0. The van der Waals surface area contributed by atoms with E-state index < -0.39 is 30.1 Å². The number of fused-ring (bicyclic) bond motifs is 1. The first-order valence-electron chi connectivity index (χ1n) is 6.57. The van der Waals surface area contributed by atoms with Gasteiger partial charge in [-0.25, -0.2) is 13.9 Å². The molecule has 1 aliphatic rings. The van der Waals surface area contributed by atoms with Crippen molar-refractivity contribution in [1.29, 1.82) is 0 Å². The lowest BCUT2D eigenvalue weighted by molar-refractivity contribution is -0.0990. The summed E-state index contributed by atoms with van der Waals surface area (Å²) >= 11 is 0. The van der Waals surface area contributed by atoms with Gasteiger partial charge in [0.05, 0.1) is 12.3 Å². The van der Waals surface area contributed by atoms with Gasteiger partial charge in [-0.05, 0) is 26.0 Å². The van der Waals surface area contributed by atoms with Gasteiger partial charge in [-0.1, -0.05) is 0 Å². The fourth-order valence-electron chi connectivity index (χ4n) is 2.88. The van der Waals surface area contributed by atoms with Gasteiger partial charge in [0.2, 0.25) is 0 Å². The van der Waals surface area contributed by atoms with Crippen LogP contribution >= 0.6 is 0 Å². The molecule has 4 N–H and O–H groups in total. The normalized spacial score (nSPS) is 36.4. The second-order valence-electron chi connectivity index (χ2n) is 5.55. The van der Waals surface area contributed by atoms with E-state index in [9.17, 15) is 10.2 Å². The first-order valence-corrected chi connectivity index (χ1v) is 6.57. The Hall–Kier alpha value is -1.77. The summed E-state index contributed by atoms with van der Waals surface area (Å²) in [5.41, 5.74) is 3.10. The van der Waals surface area contributed by atoms with E-state index in [2.05, 4.69) is 10.1 Å². The molecule has 0 saturated carbocycles. The first-order chi connectivity index (χ1) is 9.83. The average molecular weight is 296 g/mol. The predicted molar refractivity (Wildman–Crippen MR) is 72.2 cm³/mol. The SMILES string of the molecule is C[C@@]1(c2ccc3c(N)ncnn23)O[C@H](CO)[C@@H](O)[C@@]1(C)F. The molecule has 1 saturated heterocycles. The first kappa shape index (κ1) is 14.2. The minimum absolute atomic E-state index is 0.262. The Bertz CT molecular complexity index is 689. The third kappa shape index (κ3) is 1.69. The molecule has 0 spiro atoms. The van der Waals surface area contributed by atoms with Crippen molar-refractivity contribution < 1.29 is 19.3 Å². The average Bonchev–Trinajstić information content (AvgIpc) is 2.95. The zero-order valence-electron chi connectivity index (χ0n) is 11.7. The van der Waals surface area contributed by atoms with Crippen molar-refractivity contribution in [3.8, 4) is 0 Å². The van der Waals surface area contributed by atoms with Crippen LogP contribution < -0.4 is 5.73 Å². The topological polar surface area (TPSA) is 106 Å². The van der Waals surface area contributed by atoms with Crippen LogP contribution in [0.25, 0.3) is 5.52 Å². The number of ether oxygens (including phenoxy) is 1. The Balaban J connectivity index is 2.19. The second-order valence-corrected chi connectivity index (χ2v) is 5.55. The lowest BCUT2D eigenvalue weighted by atomic mass is 9.82. The molecule has 7 nitrogen and oxygen atoms in total. The highest BCUT2D eigenvalue weighted by atomic mass is 19.1. The number of alkyl halides is 1. The molecule has 0 bridgehead atoms. The molecule has 0 unspecified atom stereocenters. The second kappa shape index (κ2) is 4.36. The third-order valence-corrected chi connectivity index (χ3v) is 4.38. The van der Waals surface area contributed by atoms with Crippen LogP contribution in [-0.4, -0.2) is 49.3 Å². The Morgan fingerprint density at radius 2 is 2.19 bits per heavy atom. The number of rotatable bonds is 2. The predicted octanol–water partition coefficient (Wildman–Crippen LogP) is 0.00690. The maximum Gasteiger partial charge on any atom is 0.170 e. The van der Waals surface area contributed by atoms with Crippen LogP contribution in [0.15, 0.2) is 18.5 Å². The van der Waals surface area contributed by atoms with Gasteiger partial charge in [0.15, 0.2) is 11.5 Å². The lowest BCUT2D eigenvalue weighted by Gasteiger charge is -2.33. The minimum Gasteiger partial charge on any atom is -0.394 e. The molecule has 21 heavy (non-hydrogen) atoms. The van der Waals surface area contributed by atoms with Crippen LogP contribution in [-0.2, 0) is 10.3 Å². The molecule has 0 aromatic carbocycles. The van der Waals surface area contributed by atoms with Gasteiger partial charge in [0.25, 0.3) is 0 Å². The smallest absolute Gasteiger partial charge is 0.170 e. The number of nitrogen functional groups attached to an aromatic ring is 1. The Labute approximate surface area is 120 Å². The van der Waals surface area contributed by atoms with E-state index in [-0.39, 0.29) is 5.82 Å². The summed E-state index contributed by atoms with van der Waals surface area (Å²) in [4.78, 5) is 3.87. The van der Waals surface area contributed by atoms with Crippen LogP contribution in [0.3, 0.4) is 0 Å². The molecule has 4 atom stereocenters. The number of hydrogen-bond donors (Lipinski definition) is 3. The van der Waals surface area contributed by atoms with Crippen LogP contribution in [0.4, 0.5) is 10.2 Å². The Kier molecular flexibility index (Phi) is 2.94. The van der Waals surface area contributed by atoms with Crippen molar-refractivity contribution >= 4 is 11.3 Å². The summed E-state index contributed by atoms with van der Waals surface area (Å²) in [6, 6.07) is 3.29. The number of aromatic nitrogens is 3. The molecule has 114 valence electrons.